The quantitative estimate of drug-likeness (QED) is 0.303. The fourth-order valence-corrected chi connectivity index (χ4v) is 4.31. The lowest BCUT2D eigenvalue weighted by Gasteiger charge is -2.30. The molecule has 0 bridgehead atoms. The third kappa shape index (κ3) is 4.50. The zero-order valence-electron chi connectivity index (χ0n) is 19.1. The number of rotatable bonds is 7. The minimum Gasteiger partial charge on any atom is -0.378 e. The molecule has 3 fully saturated rings. The maximum absolute atomic E-state index is 12.0. The van der Waals surface area contributed by atoms with E-state index in [0.29, 0.717) is 29.6 Å². The van der Waals surface area contributed by atoms with Crippen molar-refractivity contribution >= 4 is 41.0 Å². The van der Waals surface area contributed by atoms with E-state index in [-0.39, 0.29) is 5.70 Å². The number of nitrogens with zero attached hydrogens (tertiary/aromatic N) is 4. The second kappa shape index (κ2) is 8.91. The standard InChI is InChI=1S/C24H26N8O3/c33-23-18(28-24(34)30-23)11-16-14-26-32-21(27-17-5-6-17)12-20(29-22(16)32)25-13-15-3-1-2-4-19(15)31-7-9-35-10-8-31/h1-4,11-12,14,17,27H,5-10,13H2,(H,25,29)(H2,28,30,33,34)/b18-11-. The SMILES string of the molecule is O=C1NC(=O)/C(=C/c2cnn3c(NC4CC4)cc(NCc4ccccc4N4CCOCC4)nc23)N1. The summed E-state index contributed by atoms with van der Waals surface area (Å²) < 4.78 is 7.24. The molecule has 11 nitrogen and oxygen atoms in total. The first-order valence-electron chi connectivity index (χ1n) is 11.8. The second-order valence-electron chi connectivity index (χ2n) is 8.83. The highest BCUT2D eigenvalue weighted by Gasteiger charge is 2.25. The van der Waals surface area contributed by atoms with Crippen molar-refractivity contribution < 1.29 is 14.3 Å². The molecule has 3 aromatic rings. The van der Waals surface area contributed by atoms with Gasteiger partial charge in [0, 0.05) is 43.0 Å². The highest BCUT2D eigenvalue weighted by atomic mass is 16.5. The van der Waals surface area contributed by atoms with Gasteiger partial charge in [-0.25, -0.2) is 9.78 Å². The molecular formula is C24H26N8O3. The Morgan fingerprint density at radius 1 is 1.14 bits per heavy atom. The molecule has 4 N–H and O–H groups in total. The number of fused-ring (bicyclic) bond motifs is 1. The number of aromatic nitrogens is 3. The fraction of sp³-hybridized carbons (Fsp3) is 0.333. The van der Waals surface area contributed by atoms with Crippen LogP contribution in [0, 0.1) is 0 Å². The monoisotopic (exact) mass is 474 g/mol. The van der Waals surface area contributed by atoms with Crippen LogP contribution in [0.25, 0.3) is 11.7 Å². The summed E-state index contributed by atoms with van der Waals surface area (Å²) in [6.45, 7) is 3.80. The third-order valence-corrected chi connectivity index (χ3v) is 6.25. The summed E-state index contributed by atoms with van der Waals surface area (Å²) in [6, 6.07) is 10.2. The zero-order valence-corrected chi connectivity index (χ0v) is 19.1. The molecule has 2 saturated heterocycles. The molecule has 2 aliphatic heterocycles. The van der Waals surface area contributed by atoms with E-state index < -0.39 is 11.9 Å². The molecule has 1 aliphatic carbocycles. The van der Waals surface area contributed by atoms with Gasteiger partial charge in [0.05, 0.1) is 19.4 Å². The van der Waals surface area contributed by atoms with E-state index >= 15 is 0 Å². The number of carbonyl (C=O) groups excluding carboxylic acids is 2. The van der Waals surface area contributed by atoms with Gasteiger partial charge in [-0.05, 0) is 30.5 Å². The van der Waals surface area contributed by atoms with Gasteiger partial charge in [0.2, 0.25) is 0 Å². The number of imide groups is 1. The van der Waals surface area contributed by atoms with Crippen molar-refractivity contribution in [3.8, 4) is 0 Å². The Bertz CT molecular complexity index is 1320. The van der Waals surface area contributed by atoms with Crippen molar-refractivity contribution in [2.75, 3.05) is 41.8 Å². The van der Waals surface area contributed by atoms with Gasteiger partial charge in [0.25, 0.3) is 5.91 Å². The molecule has 0 radical (unpaired) electrons. The molecule has 6 rings (SSSR count). The number of amides is 3. The average molecular weight is 475 g/mol. The molecule has 35 heavy (non-hydrogen) atoms. The first-order chi connectivity index (χ1) is 17.1. The predicted molar refractivity (Wildman–Crippen MR) is 131 cm³/mol. The highest BCUT2D eigenvalue weighted by Crippen LogP contribution is 2.28. The second-order valence-corrected chi connectivity index (χ2v) is 8.83. The van der Waals surface area contributed by atoms with Gasteiger partial charge in [0.1, 0.15) is 17.3 Å². The van der Waals surface area contributed by atoms with Crippen molar-refractivity contribution in [1.29, 1.82) is 0 Å². The van der Waals surface area contributed by atoms with Gasteiger partial charge in [-0.1, -0.05) is 18.2 Å². The van der Waals surface area contributed by atoms with E-state index in [9.17, 15) is 9.59 Å². The van der Waals surface area contributed by atoms with Crippen LogP contribution in [0.15, 0.2) is 42.2 Å². The summed E-state index contributed by atoms with van der Waals surface area (Å²) in [6.07, 6.45) is 5.46. The smallest absolute Gasteiger partial charge is 0.326 e. The summed E-state index contributed by atoms with van der Waals surface area (Å²) >= 11 is 0. The number of hydrogen-bond acceptors (Lipinski definition) is 8. The van der Waals surface area contributed by atoms with Gasteiger partial charge in [0.15, 0.2) is 5.65 Å². The van der Waals surface area contributed by atoms with E-state index in [1.165, 1.54) is 11.3 Å². The van der Waals surface area contributed by atoms with Gasteiger partial charge >= 0.3 is 6.03 Å². The molecule has 2 aromatic heterocycles. The summed E-state index contributed by atoms with van der Waals surface area (Å²) in [5.41, 5.74) is 3.75. The molecule has 180 valence electrons. The largest absolute Gasteiger partial charge is 0.378 e. The molecule has 0 unspecified atom stereocenters. The first kappa shape index (κ1) is 21.4. The maximum Gasteiger partial charge on any atom is 0.326 e. The van der Waals surface area contributed by atoms with Crippen LogP contribution >= 0.6 is 0 Å². The van der Waals surface area contributed by atoms with Crippen molar-refractivity contribution in [1.82, 2.24) is 25.2 Å². The normalized spacial score (nSPS) is 19.2. The fourth-order valence-electron chi connectivity index (χ4n) is 4.31. The third-order valence-electron chi connectivity index (χ3n) is 6.25. The molecule has 4 heterocycles. The topological polar surface area (TPSA) is 125 Å². The van der Waals surface area contributed by atoms with Crippen molar-refractivity contribution in [2.45, 2.75) is 25.4 Å². The number of urea groups is 1. The van der Waals surface area contributed by atoms with Crippen LogP contribution < -0.4 is 26.2 Å². The highest BCUT2D eigenvalue weighted by molar-refractivity contribution is 6.14. The summed E-state index contributed by atoms with van der Waals surface area (Å²) in [5, 5.41) is 16.2. The van der Waals surface area contributed by atoms with Crippen LogP contribution in [0.5, 0.6) is 0 Å². The number of morpholine rings is 1. The Labute approximate surface area is 201 Å². The molecule has 1 saturated carbocycles. The van der Waals surface area contributed by atoms with Crippen LogP contribution in [0.3, 0.4) is 0 Å². The minimum absolute atomic E-state index is 0.168. The number of ether oxygens (including phenoxy) is 1. The number of hydrogen-bond donors (Lipinski definition) is 4. The van der Waals surface area contributed by atoms with Gasteiger partial charge < -0.3 is 25.6 Å². The molecule has 3 aliphatic rings. The van der Waals surface area contributed by atoms with Crippen LogP contribution in [-0.4, -0.2) is 58.9 Å². The Morgan fingerprint density at radius 2 is 1.97 bits per heavy atom. The zero-order chi connectivity index (χ0) is 23.8. The lowest BCUT2D eigenvalue weighted by atomic mass is 10.1. The summed E-state index contributed by atoms with van der Waals surface area (Å²) in [4.78, 5) is 30.7. The number of anilines is 3. The lowest BCUT2D eigenvalue weighted by molar-refractivity contribution is -0.115. The van der Waals surface area contributed by atoms with Gasteiger partial charge in [-0.15, -0.1) is 0 Å². The maximum atomic E-state index is 12.0. The van der Waals surface area contributed by atoms with Crippen LogP contribution in [0.2, 0.25) is 0 Å². The van der Waals surface area contributed by atoms with Gasteiger partial charge in [-0.2, -0.15) is 9.61 Å². The van der Waals surface area contributed by atoms with Gasteiger partial charge in [-0.3, -0.25) is 10.1 Å². The molecule has 11 heteroatoms. The van der Waals surface area contributed by atoms with E-state index in [4.69, 9.17) is 9.72 Å². The summed E-state index contributed by atoms with van der Waals surface area (Å²) in [5.74, 6) is 1.04. The number of nitrogens with one attached hydrogen (secondary N) is 4. The van der Waals surface area contributed by atoms with Crippen molar-refractivity contribution in [2.24, 2.45) is 0 Å². The predicted octanol–water partition coefficient (Wildman–Crippen LogP) is 1.93. The van der Waals surface area contributed by atoms with E-state index in [0.717, 1.165) is 45.0 Å². The Balaban J connectivity index is 1.31. The molecule has 0 atom stereocenters. The number of para-hydroxylation sites is 1. The van der Waals surface area contributed by atoms with Crippen LogP contribution in [0.1, 0.15) is 24.0 Å². The Hall–Kier alpha value is -4.12. The van der Waals surface area contributed by atoms with E-state index in [1.807, 2.05) is 12.1 Å². The molecule has 3 amide bonds. The average Bonchev–Trinajstić information content (AvgIpc) is 3.51. The van der Waals surface area contributed by atoms with Crippen LogP contribution in [-0.2, 0) is 16.1 Å². The van der Waals surface area contributed by atoms with Crippen LogP contribution in [0.4, 0.5) is 22.1 Å². The molecule has 1 aromatic carbocycles. The van der Waals surface area contributed by atoms with Crippen molar-refractivity contribution in [3.05, 3.63) is 53.4 Å². The number of carbonyl (C=O) groups is 2. The van der Waals surface area contributed by atoms with E-state index in [2.05, 4.69) is 49.5 Å². The summed E-state index contributed by atoms with van der Waals surface area (Å²) in [7, 11) is 0. The number of benzene rings is 1. The Morgan fingerprint density at radius 3 is 2.74 bits per heavy atom. The molecular weight excluding hydrogens is 448 g/mol. The Kier molecular flexibility index (Phi) is 5.45. The lowest BCUT2D eigenvalue weighted by Crippen LogP contribution is -2.36. The minimum atomic E-state index is -0.539. The molecule has 0 spiro atoms. The van der Waals surface area contributed by atoms with Crippen molar-refractivity contribution in [3.63, 3.8) is 0 Å². The first-order valence-corrected chi connectivity index (χ1v) is 11.8. The van der Waals surface area contributed by atoms with E-state index in [1.54, 1.807) is 16.8 Å².